The molecule has 17 heavy (non-hydrogen) atoms. The van der Waals surface area contributed by atoms with Gasteiger partial charge in [0.25, 0.3) is 0 Å². The molecule has 0 aliphatic carbocycles. The summed E-state index contributed by atoms with van der Waals surface area (Å²) in [6.45, 7) is 3.89. The third-order valence-corrected chi connectivity index (χ3v) is 3.16. The van der Waals surface area contributed by atoms with Gasteiger partial charge in [-0.1, -0.05) is 28.1 Å². The van der Waals surface area contributed by atoms with E-state index in [9.17, 15) is 0 Å². The standard InChI is InChI=1S/C13H14BrN3/c1-9-10(2)16-17-13(15-9)7-6-11-4-3-5-12(14)8-11/h3-5,8H,6-7H2,1-2H3. The molecular weight excluding hydrogens is 278 g/mol. The summed E-state index contributed by atoms with van der Waals surface area (Å²) in [5.41, 5.74) is 3.14. The van der Waals surface area contributed by atoms with Crippen molar-refractivity contribution in [1.29, 1.82) is 0 Å². The van der Waals surface area contributed by atoms with Gasteiger partial charge in [0.15, 0.2) is 5.82 Å². The number of aryl methyl sites for hydroxylation is 4. The van der Waals surface area contributed by atoms with Crippen molar-refractivity contribution in [2.75, 3.05) is 0 Å². The first-order chi connectivity index (χ1) is 8.15. The van der Waals surface area contributed by atoms with Crippen LogP contribution in [0.3, 0.4) is 0 Å². The Kier molecular flexibility index (Phi) is 3.84. The zero-order valence-electron chi connectivity index (χ0n) is 9.94. The lowest BCUT2D eigenvalue weighted by molar-refractivity contribution is 0.772. The molecule has 0 aliphatic heterocycles. The van der Waals surface area contributed by atoms with Crippen LogP contribution in [-0.2, 0) is 12.8 Å². The van der Waals surface area contributed by atoms with Crippen molar-refractivity contribution in [1.82, 2.24) is 15.2 Å². The van der Waals surface area contributed by atoms with Crippen LogP contribution in [0.1, 0.15) is 22.8 Å². The minimum Gasteiger partial charge on any atom is -0.234 e. The van der Waals surface area contributed by atoms with Gasteiger partial charge in [-0.25, -0.2) is 4.98 Å². The molecule has 0 fully saturated rings. The predicted octanol–water partition coefficient (Wildman–Crippen LogP) is 3.04. The molecule has 2 aromatic rings. The van der Waals surface area contributed by atoms with Gasteiger partial charge in [-0.15, -0.1) is 5.10 Å². The first-order valence-corrected chi connectivity index (χ1v) is 6.35. The summed E-state index contributed by atoms with van der Waals surface area (Å²) >= 11 is 3.47. The second-order valence-electron chi connectivity index (χ2n) is 4.03. The number of nitrogens with zero attached hydrogens (tertiary/aromatic N) is 3. The summed E-state index contributed by atoms with van der Waals surface area (Å²) < 4.78 is 1.11. The van der Waals surface area contributed by atoms with E-state index in [-0.39, 0.29) is 0 Å². The zero-order valence-corrected chi connectivity index (χ0v) is 11.5. The fourth-order valence-electron chi connectivity index (χ4n) is 1.56. The molecule has 0 amide bonds. The molecule has 0 saturated carbocycles. The number of hydrogen-bond donors (Lipinski definition) is 0. The Morgan fingerprint density at radius 1 is 1.06 bits per heavy atom. The van der Waals surface area contributed by atoms with Gasteiger partial charge in [-0.2, -0.15) is 5.10 Å². The number of aromatic nitrogens is 3. The molecule has 0 N–H and O–H groups in total. The molecule has 0 radical (unpaired) electrons. The van der Waals surface area contributed by atoms with Gasteiger partial charge in [0.2, 0.25) is 0 Å². The van der Waals surface area contributed by atoms with Crippen LogP contribution in [-0.4, -0.2) is 15.2 Å². The van der Waals surface area contributed by atoms with Gasteiger partial charge in [-0.05, 0) is 38.0 Å². The molecule has 0 aliphatic rings. The predicted molar refractivity (Wildman–Crippen MR) is 70.9 cm³/mol. The highest BCUT2D eigenvalue weighted by Crippen LogP contribution is 2.13. The lowest BCUT2D eigenvalue weighted by Gasteiger charge is -2.03. The Hall–Kier alpha value is -1.29. The van der Waals surface area contributed by atoms with Crippen molar-refractivity contribution in [2.45, 2.75) is 26.7 Å². The Bertz CT molecular complexity index is 526. The largest absolute Gasteiger partial charge is 0.234 e. The fraction of sp³-hybridized carbons (Fsp3) is 0.308. The van der Waals surface area contributed by atoms with Crippen LogP contribution in [0.25, 0.3) is 0 Å². The summed E-state index contributed by atoms with van der Waals surface area (Å²) in [7, 11) is 0. The summed E-state index contributed by atoms with van der Waals surface area (Å²) in [5, 5.41) is 8.19. The normalized spacial score (nSPS) is 10.5. The van der Waals surface area contributed by atoms with Crippen molar-refractivity contribution in [3.8, 4) is 0 Å². The molecule has 0 atom stereocenters. The first-order valence-electron chi connectivity index (χ1n) is 5.56. The van der Waals surface area contributed by atoms with E-state index in [4.69, 9.17) is 0 Å². The third-order valence-electron chi connectivity index (χ3n) is 2.66. The molecule has 1 heterocycles. The summed E-state index contributed by atoms with van der Waals surface area (Å²) in [5.74, 6) is 0.813. The molecule has 1 aromatic heterocycles. The molecule has 4 heteroatoms. The van der Waals surface area contributed by atoms with E-state index in [1.54, 1.807) is 0 Å². The van der Waals surface area contributed by atoms with Crippen LogP contribution in [0.15, 0.2) is 28.7 Å². The minimum absolute atomic E-state index is 0.813. The number of rotatable bonds is 3. The van der Waals surface area contributed by atoms with Crippen LogP contribution in [0.4, 0.5) is 0 Å². The second kappa shape index (κ2) is 5.36. The van der Waals surface area contributed by atoms with E-state index >= 15 is 0 Å². The Labute approximate surface area is 109 Å². The average Bonchev–Trinajstić information content (AvgIpc) is 2.31. The zero-order chi connectivity index (χ0) is 12.3. The van der Waals surface area contributed by atoms with Gasteiger partial charge in [-0.3, -0.25) is 0 Å². The SMILES string of the molecule is Cc1nnc(CCc2cccc(Br)c2)nc1C. The van der Waals surface area contributed by atoms with Gasteiger partial charge < -0.3 is 0 Å². The van der Waals surface area contributed by atoms with Gasteiger partial charge in [0.1, 0.15) is 0 Å². The quantitative estimate of drug-likeness (QED) is 0.872. The first kappa shape index (κ1) is 12.2. The summed E-state index contributed by atoms with van der Waals surface area (Å²) in [6, 6.07) is 8.30. The van der Waals surface area contributed by atoms with Crippen LogP contribution < -0.4 is 0 Å². The Morgan fingerprint density at radius 2 is 1.88 bits per heavy atom. The van der Waals surface area contributed by atoms with Crippen molar-refractivity contribution in [3.05, 3.63) is 51.5 Å². The van der Waals surface area contributed by atoms with E-state index in [2.05, 4.69) is 43.2 Å². The smallest absolute Gasteiger partial charge is 0.151 e. The molecule has 0 saturated heterocycles. The van der Waals surface area contributed by atoms with E-state index in [0.29, 0.717) is 0 Å². The van der Waals surface area contributed by atoms with Crippen LogP contribution >= 0.6 is 15.9 Å². The van der Waals surface area contributed by atoms with E-state index in [1.165, 1.54) is 5.56 Å². The Balaban J connectivity index is 2.05. The van der Waals surface area contributed by atoms with Crippen molar-refractivity contribution < 1.29 is 0 Å². The van der Waals surface area contributed by atoms with Crippen LogP contribution in [0.2, 0.25) is 0 Å². The highest BCUT2D eigenvalue weighted by molar-refractivity contribution is 9.10. The lowest BCUT2D eigenvalue weighted by Crippen LogP contribution is -2.04. The Morgan fingerprint density at radius 3 is 2.59 bits per heavy atom. The highest BCUT2D eigenvalue weighted by atomic mass is 79.9. The summed E-state index contributed by atoms with van der Waals surface area (Å²) in [6.07, 6.45) is 1.76. The van der Waals surface area contributed by atoms with E-state index < -0.39 is 0 Å². The van der Waals surface area contributed by atoms with Crippen LogP contribution in [0.5, 0.6) is 0 Å². The average molecular weight is 292 g/mol. The number of halogens is 1. The maximum absolute atomic E-state index is 4.42. The molecular formula is C13H14BrN3. The number of benzene rings is 1. The molecule has 3 nitrogen and oxygen atoms in total. The van der Waals surface area contributed by atoms with Crippen molar-refractivity contribution in [2.24, 2.45) is 0 Å². The topological polar surface area (TPSA) is 38.7 Å². The molecule has 0 bridgehead atoms. The molecule has 88 valence electrons. The van der Waals surface area contributed by atoms with Gasteiger partial charge >= 0.3 is 0 Å². The second-order valence-corrected chi connectivity index (χ2v) is 4.94. The van der Waals surface area contributed by atoms with Crippen LogP contribution in [0, 0.1) is 13.8 Å². The maximum Gasteiger partial charge on any atom is 0.151 e. The third kappa shape index (κ3) is 3.33. The molecule has 1 aromatic carbocycles. The minimum atomic E-state index is 0.813. The van der Waals surface area contributed by atoms with Gasteiger partial charge in [0.05, 0.1) is 11.4 Å². The van der Waals surface area contributed by atoms with Gasteiger partial charge in [0, 0.05) is 10.9 Å². The molecule has 0 unspecified atom stereocenters. The maximum atomic E-state index is 4.42. The van der Waals surface area contributed by atoms with E-state index in [1.807, 2.05) is 26.0 Å². The van der Waals surface area contributed by atoms with Crippen molar-refractivity contribution in [3.63, 3.8) is 0 Å². The fourth-order valence-corrected chi connectivity index (χ4v) is 2.00. The number of hydrogen-bond acceptors (Lipinski definition) is 3. The summed E-state index contributed by atoms with van der Waals surface area (Å²) in [4.78, 5) is 4.42. The lowest BCUT2D eigenvalue weighted by atomic mass is 10.1. The monoisotopic (exact) mass is 291 g/mol. The van der Waals surface area contributed by atoms with E-state index in [0.717, 1.165) is 34.5 Å². The molecule has 2 rings (SSSR count). The highest BCUT2D eigenvalue weighted by Gasteiger charge is 2.02. The molecule has 0 spiro atoms. The van der Waals surface area contributed by atoms with Crippen molar-refractivity contribution >= 4 is 15.9 Å².